The molecule has 1 saturated carbocycles. The lowest BCUT2D eigenvalue weighted by Gasteiger charge is -2.40. The zero-order chi connectivity index (χ0) is 12.7. The van der Waals surface area contributed by atoms with Gasteiger partial charge in [0.1, 0.15) is 5.82 Å². The zero-order valence-corrected chi connectivity index (χ0v) is 10.9. The van der Waals surface area contributed by atoms with Gasteiger partial charge in [-0.15, -0.1) is 10.2 Å². The number of aromatic nitrogens is 3. The van der Waals surface area contributed by atoms with Crippen LogP contribution in [0.1, 0.15) is 18.7 Å². The van der Waals surface area contributed by atoms with Crippen LogP contribution in [-0.2, 0) is 6.42 Å². The first-order valence-electron chi connectivity index (χ1n) is 7.10. The van der Waals surface area contributed by atoms with Gasteiger partial charge in [-0.3, -0.25) is 4.40 Å². The molecule has 0 spiro atoms. The molecule has 0 unspecified atom stereocenters. The number of fused-ring (bicyclic) bond motifs is 2. The average Bonchev–Trinajstić information content (AvgIpc) is 2.99. The predicted molar refractivity (Wildman–Crippen MR) is 73.8 cm³/mol. The second kappa shape index (κ2) is 4.46. The van der Waals surface area contributed by atoms with Crippen molar-refractivity contribution in [1.82, 2.24) is 19.9 Å². The lowest BCUT2D eigenvalue weighted by Crippen LogP contribution is -2.48. The summed E-state index contributed by atoms with van der Waals surface area (Å²) in [6.07, 6.45) is 10.3. The maximum atomic E-state index is 4.26. The summed E-state index contributed by atoms with van der Waals surface area (Å²) < 4.78 is 2.07. The lowest BCUT2D eigenvalue weighted by molar-refractivity contribution is 0.164. The van der Waals surface area contributed by atoms with Crippen LogP contribution in [0.25, 0.3) is 5.65 Å². The molecule has 0 aromatic carbocycles. The van der Waals surface area contributed by atoms with E-state index in [-0.39, 0.29) is 0 Å². The Morgan fingerprint density at radius 1 is 1.32 bits per heavy atom. The van der Waals surface area contributed by atoms with Crippen molar-refractivity contribution in [3.05, 3.63) is 42.4 Å². The number of rotatable bonds is 4. The Kier molecular flexibility index (Phi) is 2.62. The fourth-order valence-corrected chi connectivity index (χ4v) is 3.38. The summed E-state index contributed by atoms with van der Waals surface area (Å²) in [5.74, 6) is 2.75. The SMILES string of the molecule is C1=C[C@H]2[C@H](C1)C[C@H]2NCCc1nnc2ccccn12. The van der Waals surface area contributed by atoms with Crippen molar-refractivity contribution >= 4 is 5.65 Å². The second-order valence-corrected chi connectivity index (χ2v) is 5.59. The Hall–Kier alpha value is -1.68. The standard InChI is InChI=1S/C15H18N4/c1-2-9-19-14(6-1)17-18-15(19)7-8-16-13-10-11-4-3-5-12(11)13/h1-3,5-6,9,11-13,16H,4,7-8,10H2/t11-,12+,13-/m1/s1. The topological polar surface area (TPSA) is 42.2 Å². The van der Waals surface area contributed by atoms with Gasteiger partial charge in [0, 0.05) is 25.2 Å². The minimum Gasteiger partial charge on any atom is -0.313 e. The molecule has 1 N–H and O–H groups in total. The maximum Gasteiger partial charge on any atom is 0.160 e. The molecule has 2 heterocycles. The number of nitrogens with zero attached hydrogens (tertiary/aromatic N) is 3. The molecular weight excluding hydrogens is 236 g/mol. The molecule has 2 aliphatic carbocycles. The van der Waals surface area contributed by atoms with E-state index in [0.29, 0.717) is 6.04 Å². The van der Waals surface area contributed by atoms with Gasteiger partial charge >= 0.3 is 0 Å². The van der Waals surface area contributed by atoms with Gasteiger partial charge in [-0.1, -0.05) is 18.2 Å². The van der Waals surface area contributed by atoms with Crippen LogP contribution in [0.15, 0.2) is 36.5 Å². The Morgan fingerprint density at radius 2 is 2.32 bits per heavy atom. The fourth-order valence-electron chi connectivity index (χ4n) is 3.38. The minimum absolute atomic E-state index is 0.683. The van der Waals surface area contributed by atoms with Crippen molar-refractivity contribution in [3.63, 3.8) is 0 Å². The van der Waals surface area contributed by atoms with Crippen LogP contribution < -0.4 is 5.32 Å². The molecule has 2 aromatic rings. The third-order valence-corrected chi connectivity index (χ3v) is 4.50. The number of hydrogen-bond acceptors (Lipinski definition) is 3. The summed E-state index contributed by atoms with van der Waals surface area (Å²) in [5.41, 5.74) is 0.930. The molecule has 0 amide bonds. The fraction of sp³-hybridized carbons (Fsp3) is 0.467. The van der Waals surface area contributed by atoms with Gasteiger partial charge in [0.2, 0.25) is 0 Å². The van der Waals surface area contributed by atoms with Crippen LogP contribution in [-0.4, -0.2) is 27.2 Å². The summed E-state index contributed by atoms with van der Waals surface area (Å²) in [6, 6.07) is 6.69. The van der Waals surface area contributed by atoms with Crippen molar-refractivity contribution in [2.45, 2.75) is 25.3 Å². The van der Waals surface area contributed by atoms with Crippen LogP contribution in [0, 0.1) is 11.8 Å². The van der Waals surface area contributed by atoms with E-state index in [4.69, 9.17) is 0 Å². The van der Waals surface area contributed by atoms with Gasteiger partial charge < -0.3 is 5.32 Å². The first-order valence-corrected chi connectivity index (χ1v) is 7.10. The van der Waals surface area contributed by atoms with E-state index in [1.54, 1.807) is 0 Å². The molecule has 4 nitrogen and oxygen atoms in total. The van der Waals surface area contributed by atoms with Crippen LogP contribution in [0.3, 0.4) is 0 Å². The van der Waals surface area contributed by atoms with Gasteiger partial charge in [-0.2, -0.15) is 0 Å². The quantitative estimate of drug-likeness (QED) is 0.846. The minimum atomic E-state index is 0.683. The van der Waals surface area contributed by atoms with Gasteiger partial charge in [-0.25, -0.2) is 0 Å². The van der Waals surface area contributed by atoms with E-state index in [2.05, 4.69) is 32.1 Å². The zero-order valence-electron chi connectivity index (χ0n) is 10.9. The first-order chi connectivity index (χ1) is 9.42. The van der Waals surface area contributed by atoms with E-state index in [0.717, 1.165) is 36.3 Å². The second-order valence-electron chi connectivity index (χ2n) is 5.59. The monoisotopic (exact) mass is 254 g/mol. The van der Waals surface area contributed by atoms with Gasteiger partial charge in [0.25, 0.3) is 0 Å². The molecule has 98 valence electrons. The molecule has 19 heavy (non-hydrogen) atoms. The third-order valence-electron chi connectivity index (χ3n) is 4.50. The van der Waals surface area contributed by atoms with Crippen LogP contribution in [0.4, 0.5) is 0 Å². The first kappa shape index (κ1) is 11.2. The molecule has 3 atom stereocenters. The van der Waals surface area contributed by atoms with Crippen molar-refractivity contribution in [2.75, 3.05) is 6.54 Å². The van der Waals surface area contributed by atoms with Crippen molar-refractivity contribution in [1.29, 1.82) is 0 Å². The molecule has 4 rings (SSSR count). The number of nitrogens with one attached hydrogen (secondary N) is 1. The van der Waals surface area contributed by atoms with E-state index < -0.39 is 0 Å². The summed E-state index contributed by atoms with van der Waals surface area (Å²) in [4.78, 5) is 0. The van der Waals surface area contributed by atoms with E-state index in [1.165, 1.54) is 12.8 Å². The summed E-state index contributed by atoms with van der Waals surface area (Å²) in [6.45, 7) is 0.984. The average molecular weight is 254 g/mol. The van der Waals surface area contributed by atoms with Crippen molar-refractivity contribution in [3.8, 4) is 0 Å². The molecule has 0 aliphatic heterocycles. The number of pyridine rings is 1. The van der Waals surface area contributed by atoms with E-state index >= 15 is 0 Å². The highest BCUT2D eigenvalue weighted by Crippen LogP contribution is 2.42. The van der Waals surface area contributed by atoms with Gasteiger partial charge in [-0.05, 0) is 36.8 Å². The Morgan fingerprint density at radius 3 is 3.26 bits per heavy atom. The molecule has 0 bridgehead atoms. The Balaban J connectivity index is 1.36. The molecular formula is C15H18N4. The van der Waals surface area contributed by atoms with Crippen molar-refractivity contribution in [2.24, 2.45) is 11.8 Å². The smallest absolute Gasteiger partial charge is 0.160 e. The Bertz CT molecular complexity index is 615. The number of hydrogen-bond donors (Lipinski definition) is 1. The predicted octanol–water partition coefficient (Wildman–Crippen LogP) is 1.83. The third kappa shape index (κ3) is 1.87. The highest BCUT2D eigenvalue weighted by Gasteiger charge is 2.40. The lowest BCUT2D eigenvalue weighted by atomic mass is 9.71. The van der Waals surface area contributed by atoms with E-state index in [1.807, 2.05) is 24.4 Å². The summed E-state index contributed by atoms with van der Waals surface area (Å²) >= 11 is 0. The molecule has 0 saturated heterocycles. The highest BCUT2D eigenvalue weighted by atomic mass is 15.2. The summed E-state index contributed by atoms with van der Waals surface area (Å²) in [5, 5.41) is 12.1. The van der Waals surface area contributed by atoms with Crippen molar-refractivity contribution < 1.29 is 0 Å². The van der Waals surface area contributed by atoms with Crippen LogP contribution >= 0.6 is 0 Å². The largest absolute Gasteiger partial charge is 0.313 e. The maximum absolute atomic E-state index is 4.26. The number of allylic oxidation sites excluding steroid dienone is 1. The van der Waals surface area contributed by atoms with Crippen LogP contribution in [0.5, 0.6) is 0 Å². The molecule has 2 aromatic heterocycles. The highest BCUT2D eigenvalue weighted by molar-refractivity contribution is 5.37. The van der Waals surface area contributed by atoms with Gasteiger partial charge in [0.05, 0.1) is 0 Å². The molecule has 4 heteroatoms. The molecule has 1 fully saturated rings. The molecule has 2 aliphatic rings. The normalized spacial score (nSPS) is 28.5. The summed E-state index contributed by atoms with van der Waals surface area (Å²) in [7, 11) is 0. The Labute approximate surface area is 112 Å². The van der Waals surface area contributed by atoms with Gasteiger partial charge in [0.15, 0.2) is 5.65 Å². The van der Waals surface area contributed by atoms with E-state index in [9.17, 15) is 0 Å². The van der Waals surface area contributed by atoms with Crippen LogP contribution in [0.2, 0.25) is 0 Å². The molecule has 0 radical (unpaired) electrons.